The number of imide groups is 1. The van der Waals surface area contributed by atoms with Gasteiger partial charge in [-0.25, -0.2) is 0 Å². The lowest BCUT2D eigenvalue weighted by atomic mass is 9.93. The molecule has 0 aromatic carbocycles. The van der Waals surface area contributed by atoms with Crippen LogP contribution in [0.4, 0.5) is 0 Å². The zero-order chi connectivity index (χ0) is 16.7. The van der Waals surface area contributed by atoms with Crippen molar-refractivity contribution < 1.29 is 14.4 Å². The van der Waals surface area contributed by atoms with E-state index in [1.54, 1.807) is 4.90 Å². The summed E-state index contributed by atoms with van der Waals surface area (Å²) in [7, 11) is 0. The zero-order valence-electron chi connectivity index (χ0n) is 13.4. The Morgan fingerprint density at radius 3 is 2.62 bits per heavy atom. The third-order valence-electron chi connectivity index (χ3n) is 5.15. The highest BCUT2D eigenvalue weighted by Crippen LogP contribution is 2.30. The minimum absolute atomic E-state index is 0.163. The fraction of sp³-hybridized carbons (Fsp3) is 0.529. The number of carbonyl (C=O) groups excluding carboxylic acids is 3. The van der Waals surface area contributed by atoms with E-state index in [-0.39, 0.29) is 24.1 Å². The molecule has 4 heterocycles. The fourth-order valence-electron chi connectivity index (χ4n) is 3.80. The van der Waals surface area contributed by atoms with E-state index < -0.39 is 6.04 Å². The molecule has 1 unspecified atom stereocenters. The number of carbonyl (C=O) groups is 3. The summed E-state index contributed by atoms with van der Waals surface area (Å²) in [6, 6.07) is 3.21. The van der Waals surface area contributed by atoms with E-state index in [1.807, 2.05) is 12.1 Å². The molecule has 0 bridgehead atoms. The number of hydrogen-bond donors (Lipinski definition) is 2. The summed E-state index contributed by atoms with van der Waals surface area (Å²) in [5, 5.41) is 5.66. The molecule has 0 aliphatic carbocycles. The van der Waals surface area contributed by atoms with Crippen molar-refractivity contribution in [2.75, 3.05) is 13.1 Å². The van der Waals surface area contributed by atoms with E-state index in [0.29, 0.717) is 24.4 Å². The maximum atomic E-state index is 12.6. The van der Waals surface area contributed by atoms with Gasteiger partial charge in [0.1, 0.15) is 6.04 Å². The highest BCUT2D eigenvalue weighted by molar-refractivity contribution is 6.05. The lowest BCUT2D eigenvalue weighted by molar-refractivity contribution is -0.136. The Hall–Kier alpha value is -2.28. The topological polar surface area (TPSA) is 91.4 Å². The Labute approximate surface area is 139 Å². The maximum absolute atomic E-state index is 12.6. The molecule has 2 fully saturated rings. The first-order valence-corrected chi connectivity index (χ1v) is 8.48. The van der Waals surface area contributed by atoms with Crippen LogP contribution < -0.4 is 10.6 Å². The van der Waals surface area contributed by atoms with E-state index in [4.69, 9.17) is 4.98 Å². The van der Waals surface area contributed by atoms with Crippen LogP contribution >= 0.6 is 0 Å². The van der Waals surface area contributed by atoms with Crippen molar-refractivity contribution >= 4 is 17.7 Å². The van der Waals surface area contributed by atoms with Gasteiger partial charge in [-0.2, -0.15) is 0 Å². The SMILES string of the molecule is O=C1CCC(N2Cc3nc(C4CCNCC4)ccc3C2=O)C(=O)N1. The Morgan fingerprint density at radius 1 is 1.08 bits per heavy atom. The first kappa shape index (κ1) is 15.3. The van der Waals surface area contributed by atoms with Crippen molar-refractivity contribution in [3.63, 3.8) is 0 Å². The van der Waals surface area contributed by atoms with Gasteiger partial charge in [0.25, 0.3) is 5.91 Å². The number of pyridine rings is 1. The number of nitrogens with one attached hydrogen (secondary N) is 2. The summed E-state index contributed by atoms with van der Waals surface area (Å²) in [6.45, 7) is 2.33. The quantitative estimate of drug-likeness (QED) is 0.763. The van der Waals surface area contributed by atoms with Crippen molar-refractivity contribution in [3.8, 4) is 0 Å². The van der Waals surface area contributed by atoms with E-state index in [0.717, 1.165) is 37.3 Å². The van der Waals surface area contributed by atoms with Crippen LogP contribution in [0.25, 0.3) is 0 Å². The fourth-order valence-corrected chi connectivity index (χ4v) is 3.80. The smallest absolute Gasteiger partial charge is 0.256 e. The zero-order valence-corrected chi connectivity index (χ0v) is 13.4. The van der Waals surface area contributed by atoms with E-state index in [9.17, 15) is 14.4 Å². The van der Waals surface area contributed by atoms with Crippen molar-refractivity contribution in [3.05, 3.63) is 29.1 Å². The third-order valence-corrected chi connectivity index (χ3v) is 5.15. The second kappa shape index (κ2) is 5.98. The number of nitrogens with zero attached hydrogens (tertiary/aromatic N) is 2. The predicted octanol–water partition coefficient (Wildman–Crippen LogP) is 0.310. The van der Waals surface area contributed by atoms with Crippen LogP contribution in [0.5, 0.6) is 0 Å². The molecule has 2 N–H and O–H groups in total. The van der Waals surface area contributed by atoms with Crippen LogP contribution in [0.15, 0.2) is 12.1 Å². The average molecular weight is 328 g/mol. The summed E-state index contributed by atoms with van der Waals surface area (Å²) in [6.07, 6.45) is 2.75. The van der Waals surface area contributed by atoms with Gasteiger partial charge in [0.15, 0.2) is 0 Å². The second-order valence-corrected chi connectivity index (χ2v) is 6.65. The average Bonchev–Trinajstić information content (AvgIpc) is 2.92. The van der Waals surface area contributed by atoms with Crippen LogP contribution in [0.3, 0.4) is 0 Å². The van der Waals surface area contributed by atoms with Gasteiger partial charge in [-0.3, -0.25) is 24.7 Å². The first-order chi connectivity index (χ1) is 11.6. The van der Waals surface area contributed by atoms with Crippen molar-refractivity contribution in [2.45, 2.75) is 44.2 Å². The van der Waals surface area contributed by atoms with Gasteiger partial charge in [0.05, 0.1) is 17.8 Å². The summed E-state index contributed by atoms with van der Waals surface area (Å²) in [4.78, 5) is 42.2. The Balaban J connectivity index is 1.55. The number of fused-ring (bicyclic) bond motifs is 1. The number of aromatic nitrogens is 1. The number of hydrogen-bond acceptors (Lipinski definition) is 5. The molecule has 1 atom stereocenters. The molecular formula is C17H20N4O3. The van der Waals surface area contributed by atoms with Crippen LogP contribution in [-0.4, -0.2) is 46.7 Å². The van der Waals surface area contributed by atoms with Gasteiger partial charge in [-0.15, -0.1) is 0 Å². The molecule has 0 saturated carbocycles. The van der Waals surface area contributed by atoms with Gasteiger partial charge < -0.3 is 10.2 Å². The largest absolute Gasteiger partial charge is 0.321 e. The molecule has 24 heavy (non-hydrogen) atoms. The molecule has 3 aliphatic heterocycles. The second-order valence-electron chi connectivity index (χ2n) is 6.65. The van der Waals surface area contributed by atoms with Gasteiger partial charge >= 0.3 is 0 Å². The molecular weight excluding hydrogens is 308 g/mol. The molecule has 126 valence electrons. The molecule has 7 heteroatoms. The number of rotatable bonds is 2. The first-order valence-electron chi connectivity index (χ1n) is 8.48. The minimum atomic E-state index is -0.577. The summed E-state index contributed by atoms with van der Waals surface area (Å²) < 4.78 is 0. The van der Waals surface area contributed by atoms with Crippen LogP contribution in [0.2, 0.25) is 0 Å². The van der Waals surface area contributed by atoms with E-state index >= 15 is 0 Å². The lowest BCUT2D eigenvalue weighted by Crippen LogP contribution is -2.52. The lowest BCUT2D eigenvalue weighted by Gasteiger charge is -2.29. The van der Waals surface area contributed by atoms with E-state index in [2.05, 4.69) is 10.6 Å². The minimum Gasteiger partial charge on any atom is -0.321 e. The number of piperidine rings is 2. The van der Waals surface area contributed by atoms with Crippen molar-refractivity contribution in [2.24, 2.45) is 0 Å². The summed E-state index contributed by atoms with van der Waals surface area (Å²) in [5.41, 5.74) is 2.37. The van der Waals surface area contributed by atoms with Gasteiger partial charge in [-0.1, -0.05) is 0 Å². The van der Waals surface area contributed by atoms with E-state index in [1.165, 1.54) is 0 Å². The molecule has 0 spiro atoms. The monoisotopic (exact) mass is 328 g/mol. The molecule has 2 saturated heterocycles. The maximum Gasteiger partial charge on any atom is 0.256 e. The van der Waals surface area contributed by atoms with Gasteiger partial charge in [0, 0.05) is 18.0 Å². The van der Waals surface area contributed by atoms with Crippen LogP contribution in [-0.2, 0) is 16.1 Å². The third kappa shape index (κ3) is 2.58. The summed E-state index contributed by atoms with van der Waals surface area (Å²) in [5.74, 6) is -0.391. The molecule has 3 aliphatic rings. The van der Waals surface area contributed by atoms with Gasteiger partial charge in [-0.05, 0) is 44.5 Å². The van der Waals surface area contributed by atoms with Gasteiger partial charge in [0.2, 0.25) is 11.8 Å². The van der Waals surface area contributed by atoms with Crippen LogP contribution in [0, 0.1) is 0 Å². The number of amides is 3. The Morgan fingerprint density at radius 2 is 1.88 bits per heavy atom. The normalized spacial score (nSPS) is 24.9. The Bertz CT molecular complexity index is 712. The molecule has 1 aromatic heterocycles. The molecule has 4 rings (SSSR count). The molecule has 0 radical (unpaired) electrons. The highest BCUT2D eigenvalue weighted by atomic mass is 16.2. The van der Waals surface area contributed by atoms with Crippen molar-refractivity contribution in [1.82, 2.24) is 20.5 Å². The molecule has 1 aromatic rings. The standard InChI is InChI=1S/C17H20N4O3/c22-15-4-3-14(16(23)20-15)21-9-13-11(17(21)24)1-2-12(19-13)10-5-7-18-8-6-10/h1-2,10,14,18H,3-9H2,(H,20,22,23). The summed E-state index contributed by atoms with van der Waals surface area (Å²) >= 11 is 0. The Kier molecular flexibility index (Phi) is 3.80. The predicted molar refractivity (Wildman–Crippen MR) is 85.1 cm³/mol. The molecule has 7 nitrogen and oxygen atoms in total. The van der Waals surface area contributed by atoms with Crippen LogP contribution in [0.1, 0.15) is 53.3 Å². The molecule has 3 amide bonds. The highest BCUT2D eigenvalue weighted by Gasteiger charge is 2.39. The van der Waals surface area contributed by atoms with Crippen molar-refractivity contribution in [1.29, 1.82) is 0 Å².